The minimum atomic E-state index is -5.64. The summed E-state index contributed by atoms with van der Waals surface area (Å²) in [6.07, 6.45) is 1.91. The Morgan fingerprint density at radius 2 is 1.69 bits per heavy atom. The first-order valence-corrected chi connectivity index (χ1v) is 9.54. The van der Waals surface area contributed by atoms with Crippen LogP contribution in [-0.2, 0) is 29.6 Å². The molecule has 8 heteroatoms. The van der Waals surface area contributed by atoms with Crippen molar-refractivity contribution in [2.45, 2.75) is 31.4 Å². The molecule has 3 rings (SSSR count). The standard InChI is InChI=1S/C18H18F3NO3S/c19-18(20,21)26(23,24)25-17-9-8-15-12-22(13-16(15)11-17)10-4-7-14-5-2-1-3-6-14/h1-3,5-6,8-9,11H,4,7,10,12-13H2. The second-order valence-electron chi connectivity index (χ2n) is 6.21. The van der Waals surface area contributed by atoms with Crippen molar-refractivity contribution >= 4 is 10.1 Å². The van der Waals surface area contributed by atoms with Crippen molar-refractivity contribution in [1.29, 1.82) is 0 Å². The highest BCUT2D eigenvalue weighted by Crippen LogP contribution is 2.31. The first-order valence-electron chi connectivity index (χ1n) is 8.13. The Morgan fingerprint density at radius 3 is 2.38 bits per heavy atom. The maximum atomic E-state index is 12.4. The van der Waals surface area contributed by atoms with Crippen LogP contribution in [-0.4, -0.2) is 25.4 Å². The second-order valence-corrected chi connectivity index (χ2v) is 7.75. The van der Waals surface area contributed by atoms with Gasteiger partial charge in [-0.25, -0.2) is 0 Å². The maximum Gasteiger partial charge on any atom is 0.534 e. The predicted molar refractivity (Wildman–Crippen MR) is 90.9 cm³/mol. The quantitative estimate of drug-likeness (QED) is 0.560. The Kier molecular flexibility index (Phi) is 5.24. The lowest BCUT2D eigenvalue weighted by atomic mass is 10.1. The van der Waals surface area contributed by atoms with Crippen molar-refractivity contribution < 1.29 is 25.8 Å². The van der Waals surface area contributed by atoms with Crippen molar-refractivity contribution in [1.82, 2.24) is 4.90 Å². The molecular weight excluding hydrogens is 367 g/mol. The lowest BCUT2D eigenvalue weighted by Gasteiger charge is -2.14. The number of nitrogens with zero attached hydrogens (tertiary/aromatic N) is 1. The van der Waals surface area contributed by atoms with E-state index in [1.807, 2.05) is 18.2 Å². The fraction of sp³-hybridized carbons (Fsp3) is 0.333. The van der Waals surface area contributed by atoms with Gasteiger partial charge in [-0.3, -0.25) is 4.90 Å². The Balaban J connectivity index is 1.58. The molecule has 0 N–H and O–H groups in total. The van der Waals surface area contributed by atoms with E-state index in [2.05, 4.69) is 21.2 Å². The molecule has 0 unspecified atom stereocenters. The Bertz CT molecular complexity index is 867. The van der Waals surface area contributed by atoms with Crippen molar-refractivity contribution in [2.24, 2.45) is 0 Å². The monoisotopic (exact) mass is 385 g/mol. The predicted octanol–water partition coefficient (Wildman–Crippen LogP) is 3.86. The number of fused-ring (bicyclic) bond motifs is 1. The third kappa shape index (κ3) is 4.37. The highest BCUT2D eigenvalue weighted by atomic mass is 32.2. The van der Waals surface area contributed by atoms with Crippen LogP contribution in [0, 0.1) is 0 Å². The average Bonchev–Trinajstić information content (AvgIpc) is 2.96. The smallest absolute Gasteiger partial charge is 0.376 e. The minimum absolute atomic E-state index is 0.313. The maximum absolute atomic E-state index is 12.4. The number of hydrogen-bond donors (Lipinski definition) is 0. The molecule has 26 heavy (non-hydrogen) atoms. The van der Waals surface area contributed by atoms with Crippen molar-refractivity contribution in [3.05, 3.63) is 65.2 Å². The van der Waals surface area contributed by atoms with Crippen LogP contribution in [0.1, 0.15) is 23.1 Å². The number of halogens is 3. The van der Waals surface area contributed by atoms with E-state index in [0.717, 1.165) is 30.5 Å². The second kappa shape index (κ2) is 7.28. The van der Waals surface area contributed by atoms with Gasteiger partial charge in [0.2, 0.25) is 0 Å². The van der Waals surface area contributed by atoms with Gasteiger partial charge >= 0.3 is 15.6 Å². The molecule has 0 saturated heterocycles. The first-order chi connectivity index (χ1) is 12.2. The van der Waals surface area contributed by atoms with Crippen LogP contribution in [0.25, 0.3) is 0 Å². The van der Waals surface area contributed by atoms with Crippen LogP contribution in [0.15, 0.2) is 48.5 Å². The minimum Gasteiger partial charge on any atom is -0.376 e. The van der Waals surface area contributed by atoms with Gasteiger partial charge in [0.25, 0.3) is 0 Å². The molecular formula is C18H18F3NO3S. The average molecular weight is 385 g/mol. The van der Waals surface area contributed by atoms with Gasteiger partial charge in [-0.2, -0.15) is 21.6 Å². The molecule has 0 fully saturated rings. The summed E-state index contributed by atoms with van der Waals surface area (Å²) in [7, 11) is -5.64. The molecule has 2 aromatic rings. The zero-order valence-electron chi connectivity index (χ0n) is 13.9. The van der Waals surface area contributed by atoms with Crippen molar-refractivity contribution in [2.75, 3.05) is 6.54 Å². The van der Waals surface area contributed by atoms with Gasteiger partial charge < -0.3 is 4.18 Å². The largest absolute Gasteiger partial charge is 0.534 e. The molecule has 2 aromatic carbocycles. The SMILES string of the molecule is O=S(=O)(Oc1ccc2c(c1)CN(CCCc1ccccc1)C2)C(F)(F)F. The van der Waals surface area contributed by atoms with Gasteiger partial charge in [0.1, 0.15) is 5.75 Å². The molecule has 0 saturated carbocycles. The lowest BCUT2D eigenvalue weighted by Crippen LogP contribution is -2.28. The number of rotatable bonds is 6. The Morgan fingerprint density at radius 1 is 1.00 bits per heavy atom. The van der Waals surface area contributed by atoms with E-state index in [9.17, 15) is 21.6 Å². The molecule has 0 amide bonds. The van der Waals surface area contributed by atoms with Gasteiger partial charge in [0.15, 0.2) is 0 Å². The summed E-state index contributed by atoms with van der Waals surface area (Å²) in [4.78, 5) is 2.18. The summed E-state index contributed by atoms with van der Waals surface area (Å²) < 4.78 is 63.6. The van der Waals surface area contributed by atoms with E-state index in [0.29, 0.717) is 13.1 Å². The molecule has 0 aromatic heterocycles. The fourth-order valence-corrected chi connectivity index (χ4v) is 3.43. The lowest BCUT2D eigenvalue weighted by molar-refractivity contribution is -0.0500. The normalized spacial score (nSPS) is 15.0. The van der Waals surface area contributed by atoms with Crippen LogP contribution in [0.2, 0.25) is 0 Å². The third-order valence-electron chi connectivity index (χ3n) is 4.24. The number of aryl methyl sites for hydroxylation is 1. The Hall–Kier alpha value is -2.06. The highest BCUT2D eigenvalue weighted by Gasteiger charge is 2.48. The number of alkyl halides is 3. The summed E-state index contributed by atoms with van der Waals surface area (Å²) in [5.41, 5.74) is -2.41. The summed E-state index contributed by atoms with van der Waals surface area (Å²) in [5, 5.41) is 0. The van der Waals surface area contributed by atoms with Crippen LogP contribution >= 0.6 is 0 Å². The van der Waals surface area contributed by atoms with Crippen molar-refractivity contribution in [3.8, 4) is 5.75 Å². The van der Waals surface area contributed by atoms with Crippen LogP contribution in [0.5, 0.6) is 5.75 Å². The van der Waals surface area contributed by atoms with E-state index >= 15 is 0 Å². The van der Waals surface area contributed by atoms with E-state index < -0.39 is 15.6 Å². The summed E-state index contributed by atoms with van der Waals surface area (Å²) in [5.74, 6) is -0.313. The topological polar surface area (TPSA) is 46.6 Å². The van der Waals surface area contributed by atoms with Gasteiger partial charge in [-0.15, -0.1) is 0 Å². The molecule has 1 heterocycles. The zero-order chi connectivity index (χ0) is 18.8. The summed E-state index contributed by atoms with van der Waals surface area (Å²) in [6.45, 7) is 2.10. The van der Waals surface area contributed by atoms with E-state index in [1.165, 1.54) is 17.7 Å². The Labute approximate surface area is 150 Å². The molecule has 1 aliphatic rings. The molecule has 0 atom stereocenters. The summed E-state index contributed by atoms with van der Waals surface area (Å²) >= 11 is 0. The van der Waals surface area contributed by atoms with Gasteiger partial charge in [0.05, 0.1) is 0 Å². The molecule has 0 bridgehead atoms. The van der Waals surface area contributed by atoms with Crippen LogP contribution in [0.4, 0.5) is 13.2 Å². The fourth-order valence-electron chi connectivity index (χ4n) is 2.98. The van der Waals surface area contributed by atoms with Crippen molar-refractivity contribution in [3.63, 3.8) is 0 Å². The zero-order valence-corrected chi connectivity index (χ0v) is 14.7. The highest BCUT2D eigenvalue weighted by molar-refractivity contribution is 7.88. The van der Waals surface area contributed by atoms with E-state index in [-0.39, 0.29) is 5.75 Å². The molecule has 0 aliphatic carbocycles. The van der Waals surface area contributed by atoms with Gasteiger partial charge in [-0.1, -0.05) is 36.4 Å². The summed E-state index contributed by atoms with van der Waals surface area (Å²) in [6, 6.07) is 14.4. The van der Waals surface area contributed by atoms with Crippen LogP contribution in [0.3, 0.4) is 0 Å². The third-order valence-corrected chi connectivity index (χ3v) is 5.22. The van der Waals surface area contributed by atoms with Gasteiger partial charge in [0, 0.05) is 13.1 Å². The number of benzene rings is 2. The molecule has 0 spiro atoms. The van der Waals surface area contributed by atoms with E-state index in [4.69, 9.17) is 0 Å². The molecule has 1 aliphatic heterocycles. The number of hydrogen-bond acceptors (Lipinski definition) is 4. The van der Waals surface area contributed by atoms with E-state index in [1.54, 1.807) is 6.07 Å². The van der Waals surface area contributed by atoms with Crippen LogP contribution < -0.4 is 4.18 Å². The molecule has 4 nitrogen and oxygen atoms in total. The molecule has 0 radical (unpaired) electrons. The van der Waals surface area contributed by atoms with Gasteiger partial charge in [-0.05, 0) is 48.2 Å². The first kappa shape index (κ1) is 18.7. The molecule has 140 valence electrons.